The second-order valence-corrected chi connectivity index (χ2v) is 5.81. The first-order chi connectivity index (χ1) is 10.4. The summed E-state index contributed by atoms with van der Waals surface area (Å²) in [5.41, 5.74) is 0.0578. The Morgan fingerprint density at radius 3 is 2.55 bits per heavy atom. The fourth-order valence-corrected chi connectivity index (χ4v) is 3.09. The highest BCUT2D eigenvalue weighted by molar-refractivity contribution is 6.31. The third-order valence-electron chi connectivity index (χ3n) is 3.92. The maximum atomic E-state index is 12.8. The van der Waals surface area contributed by atoms with Crippen molar-refractivity contribution in [3.05, 3.63) is 47.0 Å². The van der Waals surface area contributed by atoms with Gasteiger partial charge in [0.25, 0.3) is 0 Å². The maximum Gasteiger partial charge on any atom is 0.417 e. The number of allylic oxidation sites excluding steroid dienone is 1. The highest BCUT2D eigenvalue weighted by Gasteiger charge is 2.33. The Morgan fingerprint density at radius 1 is 1.32 bits per heavy atom. The van der Waals surface area contributed by atoms with Crippen LogP contribution >= 0.6 is 11.6 Å². The van der Waals surface area contributed by atoms with Crippen molar-refractivity contribution in [1.29, 1.82) is 0 Å². The third-order valence-corrected chi connectivity index (χ3v) is 4.23. The smallest absolute Gasteiger partial charge is 0.314 e. The highest BCUT2D eigenvalue weighted by atomic mass is 35.5. The van der Waals surface area contributed by atoms with Gasteiger partial charge in [0, 0.05) is 32.2 Å². The number of piperazine rings is 1. The van der Waals surface area contributed by atoms with Crippen molar-refractivity contribution in [2.24, 2.45) is 0 Å². The highest BCUT2D eigenvalue weighted by Crippen LogP contribution is 2.37. The van der Waals surface area contributed by atoms with Gasteiger partial charge in [-0.3, -0.25) is 4.90 Å². The van der Waals surface area contributed by atoms with Crippen molar-refractivity contribution in [3.8, 4) is 0 Å². The lowest BCUT2D eigenvalue weighted by molar-refractivity contribution is -0.137. The molecular formula is C16H20ClF3N2. The first-order valence-electron chi connectivity index (χ1n) is 7.36. The molecule has 1 N–H and O–H groups in total. The number of halogens is 4. The van der Waals surface area contributed by atoms with Gasteiger partial charge in [0.2, 0.25) is 0 Å². The lowest BCUT2D eigenvalue weighted by Gasteiger charge is -2.35. The van der Waals surface area contributed by atoms with E-state index in [1.54, 1.807) is 6.07 Å². The summed E-state index contributed by atoms with van der Waals surface area (Å²) >= 11 is 5.86. The van der Waals surface area contributed by atoms with E-state index in [-0.39, 0.29) is 11.1 Å². The van der Waals surface area contributed by atoms with Crippen molar-refractivity contribution in [3.63, 3.8) is 0 Å². The number of alkyl halides is 3. The molecule has 22 heavy (non-hydrogen) atoms. The lowest BCUT2D eigenvalue weighted by atomic mass is 9.98. The molecule has 1 heterocycles. The molecule has 0 saturated carbocycles. The van der Waals surface area contributed by atoms with E-state index >= 15 is 0 Å². The molecule has 0 aliphatic carbocycles. The molecule has 0 spiro atoms. The summed E-state index contributed by atoms with van der Waals surface area (Å²) in [5, 5.41) is 3.05. The molecule has 1 aromatic carbocycles. The average Bonchev–Trinajstić information content (AvgIpc) is 2.47. The molecule has 0 aromatic heterocycles. The van der Waals surface area contributed by atoms with E-state index in [2.05, 4.69) is 16.8 Å². The number of nitrogens with zero attached hydrogens (tertiary/aromatic N) is 1. The van der Waals surface area contributed by atoms with Crippen LogP contribution in [0.5, 0.6) is 0 Å². The van der Waals surface area contributed by atoms with Crippen molar-refractivity contribution in [2.75, 3.05) is 26.2 Å². The molecule has 1 aliphatic rings. The number of benzene rings is 1. The van der Waals surface area contributed by atoms with Gasteiger partial charge < -0.3 is 5.32 Å². The molecular weight excluding hydrogens is 313 g/mol. The minimum absolute atomic E-state index is 0.0693. The Hall–Kier alpha value is -1.04. The normalized spacial score (nSPS) is 18.2. The SMILES string of the molecule is C=CCC[C@H](c1ccc(C(F)(F)F)c(Cl)c1)N1CCNCC1. The molecule has 1 aromatic rings. The van der Waals surface area contributed by atoms with E-state index in [0.29, 0.717) is 0 Å². The van der Waals surface area contributed by atoms with E-state index in [1.807, 2.05) is 6.08 Å². The number of hydrogen-bond acceptors (Lipinski definition) is 2. The van der Waals surface area contributed by atoms with Gasteiger partial charge in [0.1, 0.15) is 0 Å². The molecule has 1 atom stereocenters. The number of nitrogens with one attached hydrogen (secondary N) is 1. The summed E-state index contributed by atoms with van der Waals surface area (Å²) < 4.78 is 38.5. The first kappa shape index (κ1) is 17.3. The molecule has 1 fully saturated rings. The summed E-state index contributed by atoms with van der Waals surface area (Å²) in [7, 11) is 0. The molecule has 2 rings (SSSR count). The molecule has 1 aliphatic heterocycles. The molecule has 2 nitrogen and oxygen atoms in total. The maximum absolute atomic E-state index is 12.8. The van der Waals surface area contributed by atoms with Crippen LogP contribution in [0, 0.1) is 0 Å². The van der Waals surface area contributed by atoms with Crippen molar-refractivity contribution in [1.82, 2.24) is 10.2 Å². The van der Waals surface area contributed by atoms with Gasteiger partial charge in [-0.25, -0.2) is 0 Å². The fraction of sp³-hybridized carbons (Fsp3) is 0.500. The standard InChI is InChI=1S/C16H20ClF3N2/c1-2-3-4-15(22-9-7-21-8-10-22)12-5-6-13(14(17)11-12)16(18,19)20/h2,5-6,11,15,21H,1,3-4,7-10H2/t15-/m1/s1. The van der Waals surface area contributed by atoms with Crippen LogP contribution in [0.2, 0.25) is 5.02 Å². The largest absolute Gasteiger partial charge is 0.417 e. The van der Waals surface area contributed by atoms with Crippen molar-refractivity contribution in [2.45, 2.75) is 25.1 Å². The molecule has 1 saturated heterocycles. The Labute approximate surface area is 133 Å². The molecule has 0 amide bonds. The summed E-state index contributed by atoms with van der Waals surface area (Å²) in [5.74, 6) is 0. The Morgan fingerprint density at radius 2 is 2.00 bits per heavy atom. The van der Waals surface area contributed by atoms with Crippen LogP contribution in [0.3, 0.4) is 0 Å². The third kappa shape index (κ3) is 4.24. The van der Waals surface area contributed by atoms with Crippen LogP contribution < -0.4 is 5.32 Å². The molecule has 6 heteroatoms. The molecule has 0 bridgehead atoms. The van der Waals surface area contributed by atoms with Gasteiger partial charge in [0.15, 0.2) is 0 Å². The fourth-order valence-electron chi connectivity index (χ4n) is 2.80. The van der Waals surface area contributed by atoms with Gasteiger partial charge in [-0.05, 0) is 30.5 Å². The van der Waals surface area contributed by atoms with Crippen LogP contribution in [0.4, 0.5) is 13.2 Å². The van der Waals surface area contributed by atoms with E-state index in [0.717, 1.165) is 50.7 Å². The summed E-state index contributed by atoms with van der Waals surface area (Å²) in [6.45, 7) is 7.26. The Balaban J connectivity index is 2.26. The lowest BCUT2D eigenvalue weighted by Crippen LogP contribution is -2.45. The van der Waals surface area contributed by atoms with Crippen LogP contribution in [-0.2, 0) is 6.18 Å². The van der Waals surface area contributed by atoms with Crippen LogP contribution in [0.15, 0.2) is 30.9 Å². The van der Waals surface area contributed by atoms with Gasteiger partial charge in [0.05, 0.1) is 10.6 Å². The minimum Gasteiger partial charge on any atom is -0.314 e. The zero-order valence-electron chi connectivity index (χ0n) is 12.3. The van der Waals surface area contributed by atoms with Crippen LogP contribution in [-0.4, -0.2) is 31.1 Å². The topological polar surface area (TPSA) is 15.3 Å². The quantitative estimate of drug-likeness (QED) is 0.810. The predicted molar refractivity (Wildman–Crippen MR) is 83.1 cm³/mol. The van der Waals surface area contributed by atoms with E-state index in [1.165, 1.54) is 6.07 Å². The predicted octanol–water partition coefficient (Wildman–Crippen LogP) is 4.27. The zero-order chi connectivity index (χ0) is 16.2. The number of hydrogen-bond donors (Lipinski definition) is 1. The Bertz CT molecular complexity index is 511. The van der Waals surface area contributed by atoms with E-state index in [9.17, 15) is 13.2 Å². The molecule has 0 radical (unpaired) electrons. The van der Waals surface area contributed by atoms with Crippen molar-refractivity contribution >= 4 is 11.6 Å². The molecule has 0 unspecified atom stereocenters. The van der Waals surface area contributed by atoms with Crippen LogP contribution in [0.1, 0.15) is 30.0 Å². The first-order valence-corrected chi connectivity index (χ1v) is 7.73. The van der Waals surface area contributed by atoms with Gasteiger partial charge in [-0.1, -0.05) is 23.7 Å². The van der Waals surface area contributed by atoms with Gasteiger partial charge >= 0.3 is 6.18 Å². The molecule has 122 valence electrons. The van der Waals surface area contributed by atoms with Crippen LogP contribution in [0.25, 0.3) is 0 Å². The second-order valence-electron chi connectivity index (χ2n) is 5.40. The van der Waals surface area contributed by atoms with E-state index in [4.69, 9.17) is 11.6 Å². The van der Waals surface area contributed by atoms with Gasteiger partial charge in [-0.15, -0.1) is 6.58 Å². The summed E-state index contributed by atoms with van der Waals surface area (Å²) in [6, 6.07) is 4.16. The monoisotopic (exact) mass is 332 g/mol. The number of rotatable bonds is 5. The minimum atomic E-state index is -4.42. The Kier molecular flexibility index (Phi) is 5.89. The summed E-state index contributed by atoms with van der Waals surface area (Å²) in [4.78, 5) is 2.29. The average molecular weight is 333 g/mol. The second kappa shape index (κ2) is 7.49. The summed E-state index contributed by atoms with van der Waals surface area (Å²) in [6.07, 6.45) is -0.944. The van der Waals surface area contributed by atoms with Crippen molar-refractivity contribution < 1.29 is 13.2 Å². The van der Waals surface area contributed by atoms with E-state index < -0.39 is 11.7 Å². The van der Waals surface area contributed by atoms with Gasteiger partial charge in [-0.2, -0.15) is 13.2 Å². The zero-order valence-corrected chi connectivity index (χ0v) is 13.1.